The lowest BCUT2D eigenvalue weighted by Gasteiger charge is -2.32. The zero-order valence-corrected chi connectivity index (χ0v) is 17.9. The highest BCUT2D eigenvalue weighted by molar-refractivity contribution is 6.31. The Morgan fingerprint density at radius 1 is 1.17 bits per heavy atom. The number of halogens is 1. The second-order valence-corrected chi connectivity index (χ2v) is 8.42. The van der Waals surface area contributed by atoms with Gasteiger partial charge in [0.25, 0.3) is 5.56 Å². The van der Waals surface area contributed by atoms with Crippen LogP contribution in [0, 0.1) is 12.8 Å². The first-order valence-corrected chi connectivity index (χ1v) is 10.6. The first kappa shape index (κ1) is 20.4. The molecule has 0 radical (unpaired) electrons. The highest BCUT2D eigenvalue weighted by Gasteiger charge is 2.21. The fraction of sp³-hybridized carbons (Fsp3) is 0.348. The summed E-state index contributed by atoms with van der Waals surface area (Å²) in [4.78, 5) is 27.8. The van der Waals surface area contributed by atoms with Crippen LogP contribution in [0.15, 0.2) is 47.3 Å². The standard InChI is InChI=1S/C23H25ClN4O2/c1-15-9-11-27(12-10-15)22-18-5-3-4-6-19(18)23(30)28(26-22)14-21(29)25-17-8-7-16(2)20(24)13-17/h3-8,13,15H,9-12,14H2,1-2H3,(H,25,29). The van der Waals surface area contributed by atoms with Crippen LogP contribution in [0.4, 0.5) is 11.5 Å². The summed E-state index contributed by atoms with van der Waals surface area (Å²) in [6, 6.07) is 12.8. The number of carbonyl (C=O) groups is 1. The minimum atomic E-state index is -0.321. The van der Waals surface area contributed by atoms with Gasteiger partial charge in [0, 0.05) is 29.2 Å². The molecule has 1 aromatic heterocycles. The maximum atomic E-state index is 13.0. The van der Waals surface area contributed by atoms with Crippen molar-refractivity contribution >= 4 is 39.8 Å². The topological polar surface area (TPSA) is 67.2 Å². The molecule has 1 aliphatic heterocycles. The molecule has 1 N–H and O–H groups in total. The highest BCUT2D eigenvalue weighted by atomic mass is 35.5. The molecule has 1 amide bonds. The molecule has 2 heterocycles. The Balaban J connectivity index is 1.65. The smallest absolute Gasteiger partial charge is 0.275 e. The van der Waals surface area contributed by atoms with Gasteiger partial charge in [0.05, 0.1) is 5.39 Å². The van der Waals surface area contributed by atoms with E-state index in [2.05, 4.69) is 22.2 Å². The monoisotopic (exact) mass is 424 g/mol. The summed E-state index contributed by atoms with van der Waals surface area (Å²) in [7, 11) is 0. The molecular formula is C23H25ClN4O2. The van der Waals surface area contributed by atoms with E-state index < -0.39 is 0 Å². The van der Waals surface area contributed by atoms with Crippen molar-refractivity contribution in [3.63, 3.8) is 0 Å². The van der Waals surface area contributed by atoms with Crippen molar-refractivity contribution in [3.8, 4) is 0 Å². The fourth-order valence-electron chi connectivity index (χ4n) is 3.79. The van der Waals surface area contributed by atoms with E-state index in [1.54, 1.807) is 18.2 Å². The molecule has 0 bridgehead atoms. The fourth-order valence-corrected chi connectivity index (χ4v) is 3.97. The molecule has 1 aliphatic rings. The molecule has 0 unspecified atom stereocenters. The maximum Gasteiger partial charge on any atom is 0.275 e. The summed E-state index contributed by atoms with van der Waals surface area (Å²) >= 11 is 6.14. The van der Waals surface area contributed by atoms with Crippen LogP contribution < -0.4 is 15.8 Å². The van der Waals surface area contributed by atoms with E-state index in [1.165, 1.54) is 4.68 Å². The number of fused-ring (bicyclic) bond motifs is 1. The molecule has 7 heteroatoms. The largest absolute Gasteiger partial charge is 0.355 e. The summed E-state index contributed by atoms with van der Waals surface area (Å²) in [6.45, 7) is 5.78. The van der Waals surface area contributed by atoms with Gasteiger partial charge < -0.3 is 10.2 Å². The van der Waals surface area contributed by atoms with E-state index in [0.29, 0.717) is 22.0 Å². The van der Waals surface area contributed by atoms with Crippen molar-refractivity contribution in [2.24, 2.45) is 5.92 Å². The van der Waals surface area contributed by atoms with Crippen molar-refractivity contribution in [3.05, 3.63) is 63.4 Å². The number of benzene rings is 2. The normalized spacial score (nSPS) is 14.8. The van der Waals surface area contributed by atoms with Crippen molar-refractivity contribution in [1.82, 2.24) is 9.78 Å². The van der Waals surface area contributed by atoms with Crippen LogP contribution in [0.5, 0.6) is 0 Å². The van der Waals surface area contributed by atoms with E-state index in [-0.39, 0.29) is 18.0 Å². The summed E-state index contributed by atoms with van der Waals surface area (Å²) in [5, 5.41) is 9.40. The number of piperidine rings is 1. The molecule has 1 saturated heterocycles. The first-order chi connectivity index (χ1) is 14.4. The number of hydrogen-bond donors (Lipinski definition) is 1. The van der Waals surface area contributed by atoms with Crippen molar-refractivity contribution in [2.75, 3.05) is 23.3 Å². The Hall–Kier alpha value is -2.86. The molecule has 30 heavy (non-hydrogen) atoms. The molecule has 2 aromatic carbocycles. The Bertz CT molecular complexity index is 1150. The van der Waals surface area contributed by atoms with Crippen LogP contribution in [0.1, 0.15) is 25.3 Å². The molecular weight excluding hydrogens is 400 g/mol. The lowest BCUT2D eigenvalue weighted by Crippen LogP contribution is -2.37. The quantitative estimate of drug-likeness (QED) is 0.680. The van der Waals surface area contributed by atoms with Crippen LogP contribution in [0.25, 0.3) is 10.8 Å². The molecule has 4 rings (SSSR count). The highest BCUT2D eigenvalue weighted by Crippen LogP contribution is 2.26. The van der Waals surface area contributed by atoms with Crippen molar-refractivity contribution in [2.45, 2.75) is 33.2 Å². The van der Waals surface area contributed by atoms with Gasteiger partial charge >= 0.3 is 0 Å². The van der Waals surface area contributed by atoms with Crippen LogP contribution >= 0.6 is 11.6 Å². The number of amides is 1. The van der Waals surface area contributed by atoms with Crippen LogP contribution in [0.2, 0.25) is 5.02 Å². The molecule has 6 nitrogen and oxygen atoms in total. The predicted molar refractivity (Wildman–Crippen MR) is 121 cm³/mol. The molecule has 0 spiro atoms. The number of nitrogens with one attached hydrogen (secondary N) is 1. The Morgan fingerprint density at radius 3 is 2.57 bits per heavy atom. The van der Waals surface area contributed by atoms with Crippen LogP contribution in [0.3, 0.4) is 0 Å². The van der Waals surface area contributed by atoms with Gasteiger partial charge in [0.1, 0.15) is 6.54 Å². The predicted octanol–water partition coefficient (Wildman–Crippen LogP) is 4.23. The third kappa shape index (κ3) is 4.19. The molecule has 0 atom stereocenters. The van der Waals surface area contributed by atoms with Gasteiger partial charge in [-0.15, -0.1) is 0 Å². The van der Waals surface area contributed by atoms with Crippen molar-refractivity contribution < 1.29 is 4.79 Å². The van der Waals surface area contributed by atoms with Crippen LogP contribution in [-0.4, -0.2) is 28.8 Å². The van der Waals surface area contributed by atoms with E-state index in [1.807, 2.05) is 31.2 Å². The zero-order valence-electron chi connectivity index (χ0n) is 17.2. The summed E-state index contributed by atoms with van der Waals surface area (Å²) in [5.41, 5.74) is 1.26. The summed E-state index contributed by atoms with van der Waals surface area (Å²) < 4.78 is 1.26. The second-order valence-electron chi connectivity index (χ2n) is 8.01. The molecule has 156 valence electrons. The average molecular weight is 425 g/mol. The summed E-state index contributed by atoms with van der Waals surface area (Å²) in [5.74, 6) is 1.13. The SMILES string of the molecule is Cc1ccc(NC(=O)Cn2nc(N3CCC(C)CC3)c3ccccc3c2=O)cc1Cl. The number of nitrogens with zero attached hydrogens (tertiary/aromatic N) is 3. The van der Waals surface area contributed by atoms with Gasteiger partial charge in [-0.25, -0.2) is 4.68 Å². The van der Waals surface area contributed by atoms with E-state index in [9.17, 15) is 9.59 Å². The number of hydrogen-bond acceptors (Lipinski definition) is 4. The van der Waals surface area contributed by atoms with E-state index in [0.717, 1.165) is 42.7 Å². The van der Waals surface area contributed by atoms with Crippen molar-refractivity contribution in [1.29, 1.82) is 0 Å². The molecule has 0 saturated carbocycles. The molecule has 1 fully saturated rings. The number of carbonyl (C=O) groups excluding carboxylic acids is 1. The molecule has 3 aromatic rings. The van der Waals surface area contributed by atoms with Gasteiger partial charge in [0.15, 0.2) is 5.82 Å². The minimum absolute atomic E-state index is 0.160. The lowest BCUT2D eigenvalue weighted by atomic mass is 9.99. The zero-order chi connectivity index (χ0) is 21.3. The van der Waals surface area contributed by atoms with Gasteiger partial charge in [-0.3, -0.25) is 9.59 Å². The third-order valence-corrected chi connectivity index (χ3v) is 6.09. The Morgan fingerprint density at radius 2 is 1.87 bits per heavy atom. The number of aryl methyl sites for hydroxylation is 1. The number of rotatable bonds is 4. The van der Waals surface area contributed by atoms with E-state index in [4.69, 9.17) is 11.6 Å². The van der Waals surface area contributed by atoms with Gasteiger partial charge in [-0.05, 0) is 49.4 Å². The molecule has 0 aliphatic carbocycles. The first-order valence-electron chi connectivity index (χ1n) is 10.2. The third-order valence-electron chi connectivity index (χ3n) is 5.68. The van der Waals surface area contributed by atoms with Gasteiger partial charge in [-0.1, -0.05) is 42.8 Å². The number of anilines is 2. The van der Waals surface area contributed by atoms with Gasteiger partial charge in [-0.2, -0.15) is 5.10 Å². The Kier molecular flexibility index (Phi) is 5.77. The minimum Gasteiger partial charge on any atom is -0.355 e. The Labute approximate surface area is 180 Å². The second kappa shape index (κ2) is 8.48. The lowest BCUT2D eigenvalue weighted by molar-refractivity contribution is -0.117. The summed E-state index contributed by atoms with van der Waals surface area (Å²) in [6.07, 6.45) is 2.17. The van der Waals surface area contributed by atoms with Gasteiger partial charge in [0.2, 0.25) is 5.91 Å². The number of aromatic nitrogens is 2. The maximum absolute atomic E-state index is 13.0. The van der Waals surface area contributed by atoms with E-state index >= 15 is 0 Å². The average Bonchev–Trinajstić information content (AvgIpc) is 2.73. The van der Waals surface area contributed by atoms with Crippen LogP contribution in [-0.2, 0) is 11.3 Å².